The van der Waals surface area contributed by atoms with Crippen molar-refractivity contribution in [2.75, 3.05) is 18.4 Å². The second-order valence-corrected chi connectivity index (χ2v) is 4.86. The molecule has 16 heavy (non-hydrogen) atoms. The molecule has 1 aromatic carbocycles. The third kappa shape index (κ3) is 3.66. The van der Waals surface area contributed by atoms with Gasteiger partial charge in [-0.3, -0.25) is 4.79 Å². The molecule has 0 atom stereocenters. The van der Waals surface area contributed by atoms with E-state index < -0.39 is 0 Å². The molecule has 3 N–H and O–H groups in total. The molecule has 3 heteroatoms. The molecule has 1 rings (SSSR count). The van der Waals surface area contributed by atoms with Gasteiger partial charge < -0.3 is 11.1 Å². The number of ketones is 1. The number of hydrogen-bond acceptors (Lipinski definition) is 3. The van der Waals surface area contributed by atoms with E-state index >= 15 is 0 Å². The van der Waals surface area contributed by atoms with E-state index in [1.807, 2.05) is 24.3 Å². The topological polar surface area (TPSA) is 55.1 Å². The lowest BCUT2D eigenvalue weighted by atomic mass is 9.94. The van der Waals surface area contributed by atoms with Crippen LogP contribution in [-0.2, 0) is 0 Å². The molecule has 3 nitrogen and oxygen atoms in total. The molecule has 1 aromatic rings. The summed E-state index contributed by atoms with van der Waals surface area (Å²) in [4.78, 5) is 11.1. The summed E-state index contributed by atoms with van der Waals surface area (Å²) in [5.41, 5.74) is 7.49. The lowest BCUT2D eigenvalue weighted by Gasteiger charge is -2.23. The number of benzene rings is 1. The first kappa shape index (κ1) is 12.7. The SMILES string of the molecule is CC(=O)c1ccc(NCC(C)(C)CN)cc1. The first-order valence-corrected chi connectivity index (χ1v) is 5.49. The number of carbonyl (C=O) groups excluding carboxylic acids is 1. The normalized spacial score (nSPS) is 11.2. The average molecular weight is 220 g/mol. The Morgan fingerprint density at radius 2 is 1.88 bits per heavy atom. The van der Waals surface area contributed by atoms with Crippen LogP contribution in [0.25, 0.3) is 0 Å². The van der Waals surface area contributed by atoms with Crippen molar-refractivity contribution in [2.24, 2.45) is 11.1 Å². The maximum Gasteiger partial charge on any atom is 0.159 e. The molecule has 0 amide bonds. The molecular formula is C13H20N2O. The highest BCUT2D eigenvalue weighted by atomic mass is 16.1. The number of Topliss-reactive ketones (excluding diaryl/α,β-unsaturated/α-hetero) is 1. The second kappa shape index (κ2) is 5.12. The van der Waals surface area contributed by atoms with Crippen LogP contribution in [0, 0.1) is 5.41 Å². The molecule has 0 heterocycles. The lowest BCUT2D eigenvalue weighted by molar-refractivity contribution is 0.101. The average Bonchev–Trinajstić information content (AvgIpc) is 2.27. The molecule has 0 aliphatic carbocycles. The molecule has 0 aromatic heterocycles. The molecule has 0 saturated carbocycles. The van der Waals surface area contributed by atoms with Gasteiger partial charge in [0.05, 0.1) is 0 Å². The quantitative estimate of drug-likeness (QED) is 0.748. The monoisotopic (exact) mass is 220 g/mol. The van der Waals surface area contributed by atoms with Gasteiger partial charge in [0.25, 0.3) is 0 Å². The summed E-state index contributed by atoms with van der Waals surface area (Å²) >= 11 is 0. The number of nitrogens with one attached hydrogen (secondary N) is 1. The number of hydrogen-bond donors (Lipinski definition) is 2. The lowest BCUT2D eigenvalue weighted by Crippen LogP contribution is -2.31. The Morgan fingerprint density at radius 3 is 2.31 bits per heavy atom. The van der Waals surface area contributed by atoms with E-state index in [2.05, 4.69) is 19.2 Å². The molecule has 0 fully saturated rings. The van der Waals surface area contributed by atoms with Crippen molar-refractivity contribution in [2.45, 2.75) is 20.8 Å². The fourth-order valence-electron chi connectivity index (χ4n) is 1.24. The highest BCUT2D eigenvalue weighted by molar-refractivity contribution is 5.94. The van der Waals surface area contributed by atoms with E-state index in [1.165, 1.54) is 0 Å². The van der Waals surface area contributed by atoms with Crippen LogP contribution in [-0.4, -0.2) is 18.9 Å². The van der Waals surface area contributed by atoms with Crippen LogP contribution in [0.2, 0.25) is 0 Å². The van der Waals surface area contributed by atoms with Crippen LogP contribution in [0.4, 0.5) is 5.69 Å². The second-order valence-electron chi connectivity index (χ2n) is 4.86. The van der Waals surface area contributed by atoms with Crippen LogP contribution in [0.1, 0.15) is 31.1 Å². The molecule has 0 bridgehead atoms. The molecule has 0 unspecified atom stereocenters. The van der Waals surface area contributed by atoms with Crippen molar-refractivity contribution < 1.29 is 4.79 Å². The van der Waals surface area contributed by atoms with Crippen molar-refractivity contribution in [3.63, 3.8) is 0 Å². The van der Waals surface area contributed by atoms with Gasteiger partial charge in [-0.1, -0.05) is 13.8 Å². The van der Waals surface area contributed by atoms with Crippen LogP contribution in [0.15, 0.2) is 24.3 Å². The largest absolute Gasteiger partial charge is 0.384 e. The summed E-state index contributed by atoms with van der Waals surface area (Å²) in [6.07, 6.45) is 0. The molecular weight excluding hydrogens is 200 g/mol. The molecule has 0 saturated heterocycles. The smallest absolute Gasteiger partial charge is 0.159 e. The van der Waals surface area contributed by atoms with Crippen LogP contribution < -0.4 is 11.1 Å². The van der Waals surface area contributed by atoms with Gasteiger partial charge in [-0.15, -0.1) is 0 Å². The predicted octanol–water partition coefficient (Wildman–Crippen LogP) is 2.29. The van der Waals surface area contributed by atoms with Gasteiger partial charge in [0.1, 0.15) is 0 Å². The van der Waals surface area contributed by atoms with E-state index in [1.54, 1.807) is 6.92 Å². The molecule has 0 radical (unpaired) electrons. The van der Waals surface area contributed by atoms with Gasteiger partial charge in [-0.25, -0.2) is 0 Å². The Bertz CT molecular complexity index is 355. The first-order chi connectivity index (χ1) is 7.44. The molecule has 0 aliphatic heterocycles. The summed E-state index contributed by atoms with van der Waals surface area (Å²) in [5.74, 6) is 0.0915. The highest BCUT2D eigenvalue weighted by Crippen LogP contribution is 2.15. The molecule has 0 spiro atoms. The van der Waals surface area contributed by atoms with Crippen LogP contribution >= 0.6 is 0 Å². The van der Waals surface area contributed by atoms with Gasteiger partial charge in [-0.2, -0.15) is 0 Å². The zero-order valence-electron chi connectivity index (χ0n) is 10.2. The van der Waals surface area contributed by atoms with Crippen LogP contribution in [0.3, 0.4) is 0 Å². The van der Waals surface area contributed by atoms with E-state index in [-0.39, 0.29) is 11.2 Å². The van der Waals surface area contributed by atoms with Crippen molar-refractivity contribution in [3.8, 4) is 0 Å². The third-order valence-electron chi connectivity index (χ3n) is 2.62. The van der Waals surface area contributed by atoms with E-state index in [0.717, 1.165) is 17.8 Å². The Morgan fingerprint density at radius 1 is 1.31 bits per heavy atom. The van der Waals surface area contributed by atoms with Gasteiger partial charge in [0.2, 0.25) is 0 Å². The zero-order valence-corrected chi connectivity index (χ0v) is 10.2. The van der Waals surface area contributed by atoms with Gasteiger partial charge in [0, 0.05) is 17.8 Å². The van der Waals surface area contributed by atoms with Crippen LogP contribution in [0.5, 0.6) is 0 Å². The summed E-state index contributed by atoms with van der Waals surface area (Å²) in [7, 11) is 0. The highest BCUT2D eigenvalue weighted by Gasteiger charge is 2.14. The Kier molecular flexibility index (Phi) is 4.07. The van der Waals surface area contributed by atoms with E-state index in [4.69, 9.17) is 5.73 Å². The summed E-state index contributed by atoms with van der Waals surface area (Å²) in [6, 6.07) is 7.51. The first-order valence-electron chi connectivity index (χ1n) is 5.49. The van der Waals surface area contributed by atoms with Gasteiger partial charge in [0.15, 0.2) is 5.78 Å². The van der Waals surface area contributed by atoms with Gasteiger partial charge >= 0.3 is 0 Å². The minimum atomic E-state index is 0.0826. The fourth-order valence-corrected chi connectivity index (χ4v) is 1.24. The van der Waals surface area contributed by atoms with Crippen molar-refractivity contribution >= 4 is 11.5 Å². The predicted molar refractivity (Wildman–Crippen MR) is 67.8 cm³/mol. The van der Waals surface area contributed by atoms with Crippen molar-refractivity contribution in [1.29, 1.82) is 0 Å². The number of carbonyl (C=O) groups is 1. The van der Waals surface area contributed by atoms with Crippen molar-refractivity contribution in [3.05, 3.63) is 29.8 Å². The Balaban J connectivity index is 2.59. The zero-order chi connectivity index (χ0) is 12.2. The minimum Gasteiger partial charge on any atom is -0.384 e. The molecule has 0 aliphatic rings. The maximum atomic E-state index is 11.1. The Labute approximate surface area is 97.0 Å². The number of nitrogens with two attached hydrogens (primary N) is 1. The summed E-state index contributed by atoms with van der Waals surface area (Å²) in [6.45, 7) is 7.27. The fraction of sp³-hybridized carbons (Fsp3) is 0.462. The Hall–Kier alpha value is -1.35. The summed E-state index contributed by atoms with van der Waals surface area (Å²) < 4.78 is 0. The van der Waals surface area contributed by atoms with E-state index in [9.17, 15) is 4.79 Å². The summed E-state index contributed by atoms with van der Waals surface area (Å²) in [5, 5.41) is 3.31. The number of rotatable bonds is 5. The van der Waals surface area contributed by atoms with Gasteiger partial charge in [-0.05, 0) is 43.1 Å². The number of anilines is 1. The van der Waals surface area contributed by atoms with Crippen molar-refractivity contribution in [1.82, 2.24) is 0 Å². The standard InChI is InChI=1S/C13H20N2O/c1-10(16)11-4-6-12(7-5-11)15-9-13(2,3)8-14/h4-7,15H,8-9,14H2,1-3H3. The third-order valence-corrected chi connectivity index (χ3v) is 2.62. The van der Waals surface area contributed by atoms with E-state index in [0.29, 0.717) is 6.54 Å². The maximum absolute atomic E-state index is 11.1. The molecule has 88 valence electrons. The minimum absolute atomic E-state index is 0.0826.